The van der Waals surface area contributed by atoms with E-state index in [9.17, 15) is 10.1 Å². The summed E-state index contributed by atoms with van der Waals surface area (Å²) in [7, 11) is 0. The minimum Gasteiger partial charge on any atom is -0.264 e. The van der Waals surface area contributed by atoms with Crippen LogP contribution in [0.25, 0.3) is 0 Å². The smallest absolute Gasteiger partial charge is 0.264 e. The van der Waals surface area contributed by atoms with Crippen molar-refractivity contribution in [3.05, 3.63) is 54.8 Å². The van der Waals surface area contributed by atoms with Gasteiger partial charge in [-0.25, -0.2) is 0 Å². The molecule has 7 heteroatoms. The molecule has 2 aromatic rings. The van der Waals surface area contributed by atoms with E-state index in [0.29, 0.717) is 16.0 Å². The van der Waals surface area contributed by atoms with E-state index in [2.05, 4.69) is 21.0 Å². The minimum absolute atomic E-state index is 0.0464. The topological polar surface area (TPSA) is 61.0 Å². The highest BCUT2D eigenvalue weighted by Gasteiger charge is 2.14. The largest absolute Gasteiger partial charge is 0.283 e. The average Bonchev–Trinajstić information content (AvgIpc) is 2.59. The maximum atomic E-state index is 10.9. The summed E-state index contributed by atoms with van der Waals surface area (Å²) in [6.07, 6.45) is 0. The van der Waals surface area contributed by atoms with Gasteiger partial charge in [0.15, 0.2) is 0 Å². The summed E-state index contributed by atoms with van der Waals surface area (Å²) in [6, 6.07) is 5.02. The molecule has 0 spiro atoms. The lowest BCUT2D eigenvalue weighted by molar-refractivity contribution is -0.385. The van der Waals surface area contributed by atoms with E-state index in [1.54, 1.807) is 10.7 Å². The number of benzene rings is 1. The number of nitro groups is 1. The van der Waals surface area contributed by atoms with Crippen molar-refractivity contribution in [1.82, 2.24) is 9.78 Å². The van der Waals surface area contributed by atoms with Gasteiger partial charge >= 0.3 is 0 Å². The lowest BCUT2D eigenvalue weighted by Crippen LogP contribution is -2.04. The molecule has 1 aromatic heterocycles. The van der Waals surface area contributed by atoms with Gasteiger partial charge in [0.05, 0.1) is 32.4 Å². The monoisotopic (exact) mass is 343 g/mol. The van der Waals surface area contributed by atoms with E-state index in [1.165, 1.54) is 6.07 Å². The number of nitro benzene ring substituents is 1. The van der Waals surface area contributed by atoms with Crippen molar-refractivity contribution in [2.75, 3.05) is 0 Å². The van der Waals surface area contributed by atoms with Crippen molar-refractivity contribution in [1.29, 1.82) is 0 Å². The molecule has 0 aliphatic carbocycles. The van der Waals surface area contributed by atoms with Crippen LogP contribution in [0.4, 0.5) is 5.69 Å². The number of hydrogen-bond donors (Lipinski definition) is 0. The predicted molar refractivity (Wildman–Crippen MR) is 76.6 cm³/mol. The van der Waals surface area contributed by atoms with Gasteiger partial charge in [-0.2, -0.15) is 5.10 Å². The molecule has 1 heterocycles. The summed E-state index contributed by atoms with van der Waals surface area (Å²) in [6.45, 7) is 4.15. The number of hydrogen-bond acceptors (Lipinski definition) is 3. The standard InChI is InChI=1S/C12H11BrClN3O2/c1-7-12(14)8(2)16(15-7)6-9-3-4-10(13)11(5-9)17(18)19/h3-5H,6H2,1-2H3. The first-order chi connectivity index (χ1) is 8.90. The van der Waals surface area contributed by atoms with Crippen molar-refractivity contribution >= 4 is 33.2 Å². The van der Waals surface area contributed by atoms with Gasteiger partial charge in [-0.3, -0.25) is 14.8 Å². The van der Waals surface area contributed by atoms with E-state index in [0.717, 1.165) is 17.0 Å². The Hall–Kier alpha value is -1.40. The fraction of sp³-hybridized carbons (Fsp3) is 0.250. The fourth-order valence-corrected chi connectivity index (χ4v) is 2.33. The number of rotatable bonds is 3. The van der Waals surface area contributed by atoms with Crippen LogP contribution in [-0.4, -0.2) is 14.7 Å². The Morgan fingerprint density at radius 3 is 2.68 bits per heavy atom. The highest BCUT2D eigenvalue weighted by atomic mass is 79.9. The summed E-state index contributed by atoms with van der Waals surface area (Å²) in [4.78, 5) is 10.5. The molecular weight excluding hydrogens is 334 g/mol. The Bertz CT molecular complexity index is 655. The molecule has 0 bridgehead atoms. The normalized spacial score (nSPS) is 10.7. The summed E-state index contributed by atoms with van der Waals surface area (Å²) in [5.41, 5.74) is 2.46. The molecule has 2 rings (SSSR count). The maximum absolute atomic E-state index is 10.9. The maximum Gasteiger partial charge on any atom is 0.283 e. The average molecular weight is 345 g/mol. The second-order valence-corrected chi connectivity index (χ2v) is 5.42. The molecule has 100 valence electrons. The third-order valence-electron chi connectivity index (χ3n) is 2.83. The van der Waals surface area contributed by atoms with Gasteiger partial charge in [0, 0.05) is 6.07 Å². The van der Waals surface area contributed by atoms with Gasteiger partial charge in [-0.05, 0) is 41.4 Å². The summed E-state index contributed by atoms with van der Waals surface area (Å²) < 4.78 is 2.21. The van der Waals surface area contributed by atoms with Crippen LogP contribution in [0.5, 0.6) is 0 Å². The molecule has 0 saturated heterocycles. The van der Waals surface area contributed by atoms with Crippen LogP contribution in [0.3, 0.4) is 0 Å². The highest BCUT2D eigenvalue weighted by molar-refractivity contribution is 9.10. The van der Waals surface area contributed by atoms with Crippen LogP contribution in [0.2, 0.25) is 5.02 Å². The molecule has 0 aliphatic heterocycles. The second kappa shape index (κ2) is 5.30. The molecular formula is C12H11BrClN3O2. The van der Waals surface area contributed by atoms with Crippen LogP contribution < -0.4 is 0 Å². The van der Waals surface area contributed by atoms with Crippen molar-refractivity contribution in [2.24, 2.45) is 0 Å². The van der Waals surface area contributed by atoms with Crippen LogP contribution >= 0.6 is 27.5 Å². The molecule has 0 unspecified atom stereocenters. The van der Waals surface area contributed by atoms with Crippen LogP contribution in [-0.2, 0) is 6.54 Å². The molecule has 0 radical (unpaired) electrons. The molecule has 0 fully saturated rings. The van der Waals surface area contributed by atoms with Crippen LogP contribution in [0, 0.1) is 24.0 Å². The first kappa shape index (κ1) is 14.0. The van der Waals surface area contributed by atoms with Crippen molar-refractivity contribution in [3.8, 4) is 0 Å². The zero-order valence-electron chi connectivity index (χ0n) is 10.4. The van der Waals surface area contributed by atoms with E-state index in [4.69, 9.17) is 11.6 Å². The lowest BCUT2D eigenvalue weighted by Gasteiger charge is -2.05. The Morgan fingerprint density at radius 2 is 2.16 bits per heavy atom. The zero-order chi connectivity index (χ0) is 14.2. The van der Waals surface area contributed by atoms with E-state index < -0.39 is 4.92 Å². The SMILES string of the molecule is Cc1nn(Cc2ccc(Br)c([N+](=O)[O-])c2)c(C)c1Cl. The summed E-state index contributed by atoms with van der Waals surface area (Å²) in [5, 5.41) is 15.8. The third-order valence-corrected chi connectivity index (χ3v) is 4.05. The van der Waals surface area contributed by atoms with Crippen LogP contribution in [0.15, 0.2) is 22.7 Å². The van der Waals surface area contributed by atoms with Crippen molar-refractivity contribution in [3.63, 3.8) is 0 Å². The molecule has 0 atom stereocenters. The van der Waals surface area contributed by atoms with Gasteiger partial charge in [-0.1, -0.05) is 17.7 Å². The molecule has 19 heavy (non-hydrogen) atoms. The molecule has 1 aromatic carbocycles. The van der Waals surface area contributed by atoms with Crippen LogP contribution in [0.1, 0.15) is 17.0 Å². The number of nitrogens with zero attached hydrogens (tertiary/aromatic N) is 3. The zero-order valence-corrected chi connectivity index (χ0v) is 12.7. The Labute approximate surface area is 123 Å². The van der Waals surface area contributed by atoms with Crippen molar-refractivity contribution in [2.45, 2.75) is 20.4 Å². The molecule has 5 nitrogen and oxygen atoms in total. The number of halogens is 2. The van der Waals surface area contributed by atoms with Gasteiger partial charge in [0.25, 0.3) is 5.69 Å². The molecule has 0 aliphatic rings. The van der Waals surface area contributed by atoms with Gasteiger partial charge in [0.2, 0.25) is 0 Å². The Morgan fingerprint density at radius 1 is 1.47 bits per heavy atom. The minimum atomic E-state index is -0.415. The summed E-state index contributed by atoms with van der Waals surface area (Å²) >= 11 is 9.23. The third kappa shape index (κ3) is 2.79. The van der Waals surface area contributed by atoms with Gasteiger partial charge in [0.1, 0.15) is 0 Å². The Balaban J connectivity index is 2.36. The molecule has 0 N–H and O–H groups in total. The molecule has 0 saturated carbocycles. The number of aromatic nitrogens is 2. The van der Waals surface area contributed by atoms with Gasteiger partial charge in [-0.15, -0.1) is 0 Å². The van der Waals surface area contributed by atoms with E-state index >= 15 is 0 Å². The number of aryl methyl sites for hydroxylation is 1. The van der Waals surface area contributed by atoms with E-state index in [-0.39, 0.29) is 5.69 Å². The predicted octanol–water partition coefficient (Wildman–Crippen LogP) is 3.87. The first-order valence-corrected chi connectivity index (χ1v) is 6.69. The molecule has 0 amide bonds. The summed E-state index contributed by atoms with van der Waals surface area (Å²) in [5.74, 6) is 0. The first-order valence-electron chi connectivity index (χ1n) is 5.52. The van der Waals surface area contributed by atoms with E-state index in [1.807, 2.05) is 19.9 Å². The van der Waals surface area contributed by atoms with Gasteiger partial charge < -0.3 is 0 Å². The lowest BCUT2D eigenvalue weighted by atomic mass is 10.2. The quantitative estimate of drug-likeness (QED) is 0.627. The van der Waals surface area contributed by atoms with Crippen molar-refractivity contribution < 1.29 is 4.92 Å². The Kier molecular flexibility index (Phi) is 3.91. The fourth-order valence-electron chi connectivity index (χ4n) is 1.80. The highest BCUT2D eigenvalue weighted by Crippen LogP contribution is 2.26. The second-order valence-electron chi connectivity index (χ2n) is 4.19.